The second-order valence-electron chi connectivity index (χ2n) is 7.38. The van der Waals surface area contributed by atoms with Gasteiger partial charge in [-0.15, -0.1) is 10.2 Å². The van der Waals surface area contributed by atoms with Gasteiger partial charge >= 0.3 is 0 Å². The van der Waals surface area contributed by atoms with Crippen molar-refractivity contribution in [1.29, 1.82) is 0 Å². The molecule has 2 heterocycles. The number of aromatic nitrogens is 2. The van der Waals surface area contributed by atoms with Gasteiger partial charge in [0, 0.05) is 36.8 Å². The zero-order chi connectivity index (χ0) is 20.9. The standard InChI is InChI=1S/C23H22F2N4O/c24-19-9-8-17(20(25)13-19)14-26-23(30)18-7-4-12-29(15-18)22-11-10-21(27-28-22)16-5-2-1-3-6-16/h1-3,5-6,8-11,13,18H,4,7,12,14-15H2,(H,26,30)/t18-/m1/s1. The number of piperidine rings is 1. The molecule has 30 heavy (non-hydrogen) atoms. The van der Waals surface area contributed by atoms with Gasteiger partial charge < -0.3 is 10.2 Å². The summed E-state index contributed by atoms with van der Waals surface area (Å²) in [6.45, 7) is 1.36. The van der Waals surface area contributed by atoms with Crippen molar-refractivity contribution in [2.24, 2.45) is 5.92 Å². The zero-order valence-electron chi connectivity index (χ0n) is 16.4. The molecule has 0 radical (unpaired) electrons. The largest absolute Gasteiger partial charge is 0.354 e. The molecular weight excluding hydrogens is 386 g/mol. The lowest BCUT2D eigenvalue weighted by atomic mass is 9.97. The molecule has 1 amide bonds. The SMILES string of the molecule is O=C(NCc1ccc(F)cc1F)[C@@H]1CCCN(c2ccc(-c3ccccc3)nn2)C1. The highest BCUT2D eigenvalue weighted by molar-refractivity contribution is 5.79. The molecule has 3 aromatic rings. The molecule has 0 saturated carbocycles. The van der Waals surface area contributed by atoms with Gasteiger partial charge in [-0.2, -0.15) is 0 Å². The smallest absolute Gasteiger partial charge is 0.225 e. The third-order valence-electron chi connectivity index (χ3n) is 5.30. The topological polar surface area (TPSA) is 58.1 Å². The lowest BCUT2D eigenvalue weighted by Crippen LogP contribution is -2.43. The fraction of sp³-hybridized carbons (Fsp3) is 0.261. The molecule has 0 unspecified atom stereocenters. The lowest BCUT2D eigenvalue weighted by Gasteiger charge is -2.32. The van der Waals surface area contributed by atoms with E-state index in [1.807, 2.05) is 47.4 Å². The van der Waals surface area contributed by atoms with Gasteiger partial charge in [-0.25, -0.2) is 8.78 Å². The number of hydrogen-bond donors (Lipinski definition) is 1. The summed E-state index contributed by atoms with van der Waals surface area (Å²) in [4.78, 5) is 14.6. The van der Waals surface area contributed by atoms with Gasteiger partial charge in [0.25, 0.3) is 0 Å². The minimum atomic E-state index is -0.658. The van der Waals surface area contributed by atoms with E-state index in [1.54, 1.807) is 0 Å². The first-order valence-electron chi connectivity index (χ1n) is 9.96. The van der Waals surface area contributed by atoms with Gasteiger partial charge in [-0.3, -0.25) is 4.79 Å². The van der Waals surface area contributed by atoms with Crippen molar-refractivity contribution < 1.29 is 13.6 Å². The van der Waals surface area contributed by atoms with Crippen LogP contribution in [-0.4, -0.2) is 29.2 Å². The molecule has 0 bridgehead atoms. The minimum absolute atomic E-state index is 0.0347. The van der Waals surface area contributed by atoms with E-state index in [9.17, 15) is 13.6 Å². The van der Waals surface area contributed by atoms with Gasteiger partial charge in [-0.1, -0.05) is 36.4 Å². The number of carbonyl (C=O) groups excluding carboxylic acids is 1. The maximum atomic E-state index is 13.8. The van der Waals surface area contributed by atoms with Crippen LogP contribution < -0.4 is 10.2 Å². The minimum Gasteiger partial charge on any atom is -0.354 e. The van der Waals surface area contributed by atoms with Crippen LogP contribution in [-0.2, 0) is 11.3 Å². The molecular formula is C23H22F2N4O. The molecule has 1 fully saturated rings. The molecule has 7 heteroatoms. The van der Waals surface area contributed by atoms with Crippen LogP contribution in [0, 0.1) is 17.6 Å². The van der Waals surface area contributed by atoms with E-state index in [0.717, 1.165) is 42.5 Å². The number of rotatable bonds is 5. The Labute approximate surface area is 173 Å². The summed E-state index contributed by atoms with van der Waals surface area (Å²) in [5.74, 6) is -0.925. The van der Waals surface area contributed by atoms with Gasteiger partial charge in [0.1, 0.15) is 11.6 Å². The quantitative estimate of drug-likeness (QED) is 0.695. The molecule has 1 aliphatic rings. The number of benzene rings is 2. The van der Waals surface area contributed by atoms with Crippen molar-refractivity contribution in [1.82, 2.24) is 15.5 Å². The van der Waals surface area contributed by atoms with Gasteiger partial charge in [-0.05, 0) is 31.0 Å². The van der Waals surface area contributed by atoms with Crippen molar-refractivity contribution in [3.05, 3.63) is 77.9 Å². The first kappa shape index (κ1) is 19.9. The van der Waals surface area contributed by atoms with Crippen LogP contribution in [0.5, 0.6) is 0 Å². The van der Waals surface area contributed by atoms with Crippen LogP contribution in [0.4, 0.5) is 14.6 Å². The second-order valence-corrected chi connectivity index (χ2v) is 7.38. The monoisotopic (exact) mass is 408 g/mol. The third kappa shape index (κ3) is 4.62. The fourth-order valence-electron chi connectivity index (χ4n) is 3.65. The van der Waals surface area contributed by atoms with E-state index < -0.39 is 11.6 Å². The predicted octanol–water partition coefficient (Wildman–Crippen LogP) is 3.95. The van der Waals surface area contributed by atoms with E-state index >= 15 is 0 Å². The second kappa shape index (κ2) is 8.98. The van der Waals surface area contributed by atoms with E-state index in [2.05, 4.69) is 15.5 Å². The first-order valence-corrected chi connectivity index (χ1v) is 9.96. The van der Waals surface area contributed by atoms with Crippen molar-refractivity contribution in [2.45, 2.75) is 19.4 Å². The summed E-state index contributed by atoms with van der Waals surface area (Å²) in [5, 5.41) is 11.4. The molecule has 4 rings (SSSR count). The van der Waals surface area contributed by atoms with Crippen molar-refractivity contribution in [2.75, 3.05) is 18.0 Å². The summed E-state index contributed by atoms with van der Waals surface area (Å²) in [6, 6.07) is 17.0. The summed E-state index contributed by atoms with van der Waals surface area (Å²) in [7, 11) is 0. The highest BCUT2D eigenvalue weighted by Crippen LogP contribution is 2.23. The molecule has 1 N–H and O–H groups in total. The molecule has 0 spiro atoms. The van der Waals surface area contributed by atoms with Crippen LogP contribution in [0.25, 0.3) is 11.3 Å². The van der Waals surface area contributed by atoms with Crippen LogP contribution >= 0.6 is 0 Å². The summed E-state index contributed by atoms with van der Waals surface area (Å²) in [6.07, 6.45) is 1.61. The van der Waals surface area contributed by atoms with Gasteiger partial charge in [0.05, 0.1) is 11.6 Å². The summed E-state index contributed by atoms with van der Waals surface area (Å²) in [5.41, 5.74) is 2.06. The number of anilines is 1. The Morgan fingerprint density at radius 3 is 2.63 bits per heavy atom. The Balaban J connectivity index is 1.37. The Kier molecular flexibility index (Phi) is 5.97. The molecule has 1 saturated heterocycles. The van der Waals surface area contributed by atoms with Crippen molar-refractivity contribution in [3.8, 4) is 11.3 Å². The van der Waals surface area contributed by atoms with Gasteiger partial charge in [0.15, 0.2) is 5.82 Å². The number of carbonyl (C=O) groups is 1. The average molecular weight is 408 g/mol. The molecule has 0 aliphatic carbocycles. The Morgan fingerprint density at radius 1 is 1.07 bits per heavy atom. The number of halogens is 2. The Morgan fingerprint density at radius 2 is 1.90 bits per heavy atom. The van der Waals surface area contributed by atoms with Gasteiger partial charge in [0.2, 0.25) is 5.91 Å². The summed E-state index contributed by atoms with van der Waals surface area (Å²) < 4.78 is 26.8. The van der Waals surface area contributed by atoms with Crippen LogP contribution in [0.3, 0.4) is 0 Å². The van der Waals surface area contributed by atoms with Crippen LogP contribution in [0.15, 0.2) is 60.7 Å². The third-order valence-corrected chi connectivity index (χ3v) is 5.30. The molecule has 2 aromatic carbocycles. The normalized spacial score (nSPS) is 16.3. The number of nitrogens with zero attached hydrogens (tertiary/aromatic N) is 3. The molecule has 1 atom stereocenters. The highest BCUT2D eigenvalue weighted by Gasteiger charge is 2.26. The summed E-state index contributed by atoms with van der Waals surface area (Å²) >= 11 is 0. The van der Waals surface area contributed by atoms with E-state index in [4.69, 9.17) is 0 Å². The zero-order valence-corrected chi connectivity index (χ0v) is 16.4. The van der Waals surface area contributed by atoms with Crippen LogP contribution in [0.1, 0.15) is 18.4 Å². The van der Waals surface area contributed by atoms with Crippen molar-refractivity contribution in [3.63, 3.8) is 0 Å². The molecule has 1 aromatic heterocycles. The van der Waals surface area contributed by atoms with E-state index in [-0.39, 0.29) is 23.9 Å². The van der Waals surface area contributed by atoms with E-state index in [0.29, 0.717) is 6.54 Å². The van der Waals surface area contributed by atoms with Crippen LogP contribution in [0.2, 0.25) is 0 Å². The number of nitrogens with one attached hydrogen (secondary N) is 1. The Hall–Kier alpha value is -3.35. The number of amides is 1. The maximum absolute atomic E-state index is 13.8. The highest BCUT2D eigenvalue weighted by atomic mass is 19.1. The maximum Gasteiger partial charge on any atom is 0.225 e. The molecule has 154 valence electrons. The molecule has 1 aliphatic heterocycles. The molecule has 5 nitrogen and oxygen atoms in total. The van der Waals surface area contributed by atoms with Crippen molar-refractivity contribution >= 4 is 11.7 Å². The number of hydrogen-bond acceptors (Lipinski definition) is 4. The fourth-order valence-corrected chi connectivity index (χ4v) is 3.65. The first-order chi connectivity index (χ1) is 14.6. The lowest BCUT2D eigenvalue weighted by molar-refractivity contribution is -0.125. The predicted molar refractivity (Wildman–Crippen MR) is 111 cm³/mol. The van der Waals surface area contributed by atoms with E-state index in [1.165, 1.54) is 12.1 Å². The average Bonchev–Trinajstić information content (AvgIpc) is 2.79. The Bertz CT molecular complexity index is 1010.